The van der Waals surface area contributed by atoms with Crippen LogP contribution in [0.5, 0.6) is 0 Å². The van der Waals surface area contributed by atoms with E-state index in [4.69, 9.17) is 0 Å². The summed E-state index contributed by atoms with van der Waals surface area (Å²) in [6.45, 7) is 7.65. The van der Waals surface area contributed by atoms with E-state index in [0.717, 1.165) is 6.42 Å². The molecule has 17 heavy (non-hydrogen) atoms. The molecule has 1 atom stereocenters. The topological polar surface area (TPSA) is 40.5 Å². The molecule has 1 aromatic rings. The summed E-state index contributed by atoms with van der Waals surface area (Å²) in [6.07, 6.45) is 1.03. The number of rotatable bonds is 5. The largest absolute Gasteiger partial charge is 0.480 e. The van der Waals surface area contributed by atoms with Gasteiger partial charge >= 0.3 is 5.97 Å². The van der Waals surface area contributed by atoms with E-state index >= 15 is 0 Å². The second kappa shape index (κ2) is 5.19. The summed E-state index contributed by atoms with van der Waals surface area (Å²) in [5.74, 6) is -0.792. The molecule has 0 aromatic carbocycles. The fourth-order valence-electron chi connectivity index (χ4n) is 1.63. The number of carboxylic acid groups (broad SMARTS) is 1. The third-order valence-electron chi connectivity index (χ3n) is 3.43. The molecule has 0 aliphatic heterocycles. The third-order valence-corrected chi connectivity index (χ3v) is 4.83. The first-order valence-corrected chi connectivity index (χ1v) is 6.67. The number of carbonyl (C=O) groups is 1. The Hall–Kier alpha value is -0.870. The van der Waals surface area contributed by atoms with Crippen molar-refractivity contribution in [3.8, 4) is 0 Å². The zero-order chi connectivity index (χ0) is 13.2. The van der Waals surface area contributed by atoms with Crippen LogP contribution in [0.3, 0.4) is 0 Å². The lowest BCUT2D eigenvalue weighted by Gasteiger charge is -2.35. The molecular formula is C13H21NO2S. The summed E-state index contributed by atoms with van der Waals surface area (Å²) in [4.78, 5) is 15.7. The van der Waals surface area contributed by atoms with Crippen LogP contribution < -0.4 is 0 Å². The molecule has 0 spiro atoms. The van der Waals surface area contributed by atoms with Gasteiger partial charge in [0, 0.05) is 15.8 Å². The number of aliphatic carboxylic acids is 1. The Morgan fingerprint density at radius 3 is 2.53 bits per heavy atom. The highest BCUT2D eigenvalue weighted by atomic mass is 32.1. The minimum absolute atomic E-state index is 0.117. The molecule has 0 saturated heterocycles. The van der Waals surface area contributed by atoms with Gasteiger partial charge in [0.05, 0.1) is 0 Å². The molecule has 0 radical (unpaired) electrons. The number of thiophene rings is 1. The van der Waals surface area contributed by atoms with Crippen molar-refractivity contribution in [3.05, 3.63) is 21.9 Å². The van der Waals surface area contributed by atoms with Crippen LogP contribution in [0, 0.1) is 0 Å². The Morgan fingerprint density at radius 2 is 2.12 bits per heavy atom. The van der Waals surface area contributed by atoms with Crippen molar-refractivity contribution in [2.75, 3.05) is 7.05 Å². The molecule has 0 aliphatic rings. The lowest BCUT2D eigenvalue weighted by Crippen LogP contribution is -2.48. The molecule has 0 bridgehead atoms. The second-order valence-corrected chi connectivity index (χ2v) is 6.01. The van der Waals surface area contributed by atoms with Gasteiger partial charge in [-0.3, -0.25) is 9.69 Å². The van der Waals surface area contributed by atoms with Crippen LogP contribution in [0.2, 0.25) is 0 Å². The van der Waals surface area contributed by atoms with Gasteiger partial charge in [-0.25, -0.2) is 0 Å². The van der Waals surface area contributed by atoms with Crippen molar-refractivity contribution in [1.29, 1.82) is 0 Å². The van der Waals surface area contributed by atoms with E-state index in [2.05, 4.69) is 26.0 Å². The van der Waals surface area contributed by atoms with Gasteiger partial charge in [0.2, 0.25) is 0 Å². The molecule has 1 aromatic heterocycles. The lowest BCUT2D eigenvalue weighted by molar-refractivity contribution is -0.149. The summed E-state index contributed by atoms with van der Waals surface area (Å²) in [5, 5.41) is 9.22. The quantitative estimate of drug-likeness (QED) is 0.878. The average Bonchev–Trinajstić information content (AvgIpc) is 2.75. The monoisotopic (exact) mass is 255 g/mol. The number of aryl methyl sites for hydroxylation is 1. The summed E-state index contributed by atoms with van der Waals surface area (Å²) >= 11 is 1.76. The number of likely N-dealkylation sites (N-methyl/N-ethyl adjacent to an activating group) is 1. The SMILES string of the molecule is CCc1ccc(C(C)N(C)C(C)(C)C(=O)O)s1. The average molecular weight is 255 g/mol. The Morgan fingerprint density at radius 1 is 1.53 bits per heavy atom. The molecule has 1 N–H and O–H groups in total. The van der Waals surface area contributed by atoms with Crippen molar-refractivity contribution < 1.29 is 9.90 Å². The van der Waals surface area contributed by atoms with Gasteiger partial charge in [0.15, 0.2) is 0 Å². The fourth-order valence-corrected chi connectivity index (χ4v) is 2.68. The van der Waals surface area contributed by atoms with Gasteiger partial charge in [-0.2, -0.15) is 0 Å². The molecule has 3 nitrogen and oxygen atoms in total. The number of nitrogens with zero attached hydrogens (tertiary/aromatic N) is 1. The van der Waals surface area contributed by atoms with E-state index in [0.29, 0.717) is 0 Å². The summed E-state index contributed by atoms with van der Waals surface area (Å²) in [7, 11) is 1.87. The van der Waals surface area contributed by atoms with Crippen LogP contribution in [0.25, 0.3) is 0 Å². The highest BCUT2D eigenvalue weighted by molar-refractivity contribution is 7.12. The zero-order valence-corrected chi connectivity index (χ0v) is 12.0. The summed E-state index contributed by atoms with van der Waals surface area (Å²) in [5.41, 5.74) is -0.851. The van der Waals surface area contributed by atoms with Crippen LogP contribution in [0.4, 0.5) is 0 Å². The van der Waals surface area contributed by atoms with Crippen molar-refractivity contribution in [2.45, 2.75) is 45.7 Å². The molecule has 0 fully saturated rings. The smallest absolute Gasteiger partial charge is 0.323 e. The minimum Gasteiger partial charge on any atom is -0.480 e. The normalized spacial score (nSPS) is 14.0. The molecule has 0 amide bonds. The second-order valence-electron chi connectivity index (χ2n) is 4.81. The number of hydrogen-bond acceptors (Lipinski definition) is 3. The third kappa shape index (κ3) is 2.87. The van der Waals surface area contributed by atoms with Gasteiger partial charge < -0.3 is 5.11 Å². The van der Waals surface area contributed by atoms with Gasteiger partial charge in [0.1, 0.15) is 5.54 Å². The Labute approximate surface area is 107 Å². The van der Waals surface area contributed by atoms with E-state index in [9.17, 15) is 9.90 Å². The maximum Gasteiger partial charge on any atom is 0.323 e. The first kappa shape index (κ1) is 14.2. The predicted octanol–water partition coefficient (Wildman–Crippen LogP) is 3.17. The van der Waals surface area contributed by atoms with E-state index in [1.807, 2.05) is 11.9 Å². The van der Waals surface area contributed by atoms with Crippen LogP contribution in [-0.2, 0) is 11.2 Å². The molecule has 0 aliphatic carbocycles. The van der Waals surface area contributed by atoms with Crippen LogP contribution >= 0.6 is 11.3 Å². The van der Waals surface area contributed by atoms with Gasteiger partial charge in [-0.15, -0.1) is 11.3 Å². The van der Waals surface area contributed by atoms with Gasteiger partial charge in [0.25, 0.3) is 0 Å². The molecule has 1 rings (SSSR count). The molecular weight excluding hydrogens is 234 g/mol. The molecule has 1 unspecified atom stereocenters. The van der Waals surface area contributed by atoms with Crippen LogP contribution in [0.15, 0.2) is 12.1 Å². The lowest BCUT2D eigenvalue weighted by atomic mass is 10.0. The first-order chi connectivity index (χ1) is 7.80. The van der Waals surface area contributed by atoms with E-state index < -0.39 is 11.5 Å². The first-order valence-electron chi connectivity index (χ1n) is 5.85. The van der Waals surface area contributed by atoms with Gasteiger partial charge in [-0.05, 0) is 46.4 Å². The molecule has 4 heteroatoms. The van der Waals surface area contributed by atoms with Crippen molar-refractivity contribution in [3.63, 3.8) is 0 Å². The molecule has 1 heterocycles. The van der Waals surface area contributed by atoms with Crippen molar-refractivity contribution in [1.82, 2.24) is 4.90 Å². The number of carboxylic acids is 1. The molecule has 96 valence electrons. The van der Waals surface area contributed by atoms with E-state index in [-0.39, 0.29) is 6.04 Å². The van der Waals surface area contributed by atoms with E-state index in [1.54, 1.807) is 25.2 Å². The zero-order valence-electron chi connectivity index (χ0n) is 11.2. The molecule has 0 saturated carbocycles. The summed E-state index contributed by atoms with van der Waals surface area (Å²) in [6, 6.07) is 4.34. The Bertz CT molecular complexity index is 398. The maximum absolute atomic E-state index is 11.2. The highest BCUT2D eigenvalue weighted by Crippen LogP contribution is 2.31. The minimum atomic E-state index is -0.851. The Balaban J connectivity index is 2.89. The summed E-state index contributed by atoms with van der Waals surface area (Å²) < 4.78 is 0. The van der Waals surface area contributed by atoms with Crippen LogP contribution in [0.1, 0.15) is 43.5 Å². The van der Waals surface area contributed by atoms with E-state index in [1.165, 1.54) is 9.75 Å². The van der Waals surface area contributed by atoms with Crippen molar-refractivity contribution in [2.24, 2.45) is 0 Å². The van der Waals surface area contributed by atoms with Crippen LogP contribution in [-0.4, -0.2) is 28.6 Å². The Kier molecular flexibility index (Phi) is 4.33. The van der Waals surface area contributed by atoms with Gasteiger partial charge in [-0.1, -0.05) is 6.92 Å². The number of hydrogen-bond donors (Lipinski definition) is 1. The van der Waals surface area contributed by atoms with Crippen molar-refractivity contribution >= 4 is 17.3 Å². The maximum atomic E-state index is 11.2. The fraction of sp³-hybridized carbons (Fsp3) is 0.615. The predicted molar refractivity (Wildman–Crippen MR) is 71.6 cm³/mol. The standard InChI is InChI=1S/C13H21NO2S/c1-6-10-7-8-11(17-10)9(2)14(5)13(3,4)12(15)16/h7-9H,6H2,1-5H3,(H,15,16). The highest BCUT2D eigenvalue weighted by Gasteiger charge is 2.35.